The summed E-state index contributed by atoms with van der Waals surface area (Å²) < 4.78 is 13.5. The maximum atomic E-state index is 13.5. The van der Waals surface area contributed by atoms with Crippen molar-refractivity contribution in [3.8, 4) is 0 Å². The van der Waals surface area contributed by atoms with E-state index in [-0.39, 0.29) is 11.7 Å². The van der Waals surface area contributed by atoms with Crippen LogP contribution in [0.2, 0.25) is 0 Å². The molecule has 1 aliphatic heterocycles. The van der Waals surface area contributed by atoms with Gasteiger partial charge in [-0.25, -0.2) is 4.39 Å². The van der Waals surface area contributed by atoms with Gasteiger partial charge in [-0.2, -0.15) is 0 Å². The minimum atomic E-state index is -0.294. The van der Waals surface area contributed by atoms with E-state index >= 15 is 0 Å². The van der Waals surface area contributed by atoms with Crippen molar-refractivity contribution in [1.29, 1.82) is 0 Å². The first-order chi connectivity index (χ1) is 12.2. The Labute approximate surface area is 145 Å². The summed E-state index contributed by atoms with van der Waals surface area (Å²) in [4.78, 5) is 14.7. The summed E-state index contributed by atoms with van der Waals surface area (Å²) in [6.07, 6.45) is 1.91. The Morgan fingerprint density at radius 2 is 1.64 bits per heavy atom. The van der Waals surface area contributed by atoms with Crippen LogP contribution < -0.4 is 4.90 Å². The molecule has 3 heteroatoms. The summed E-state index contributed by atoms with van der Waals surface area (Å²) in [5, 5.41) is 0. The molecule has 2 nitrogen and oxygen atoms in total. The van der Waals surface area contributed by atoms with Gasteiger partial charge in [0.1, 0.15) is 5.82 Å². The molecule has 122 valence electrons. The van der Waals surface area contributed by atoms with Crippen LogP contribution in [0.4, 0.5) is 10.1 Å². The summed E-state index contributed by atoms with van der Waals surface area (Å²) in [6.45, 7) is 0.347. The highest BCUT2D eigenvalue weighted by Gasteiger charge is 2.31. The van der Waals surface area contributed by atoms with Crippen LogP contribution in [0.1, 0.15) is 16.7 Å². The second kappa shape index (κ2) is 6.36. The maximum Gasteiger partial charge on any atom is 0.259 e. The maximum absolute atomic E-state index is 13.5. The van der Waals surface area contributed by atoms with Gasteiger partial charge >= 0.3 is 0 Å². The Balaban J connectivity index is 1.75. The predicted octanol–water partition coefficient (Wildman–Crippen LogP) is 4.91. The molecule has 0 radical (unpaired) electrons. The van der Waals surface area contributed by atoms with E-state index in [1.165, 1.54) is 12.1 Å². The number of benzene rings is 3. The molecule has 1 heterocycles. The normalized spacial score (nSPS) is 14.8. The zero-order valence-corrected chi connectivity index (χ0v) is 13.5. The van der Waals surface area contributed by atoms with E-state index in [0.29, 0.717) is 12.1 Å². The van der Waals surface area contributed by atoms with Crippen LogP contribution in [-0.4, -0.2) is 5.91 Å². The number of anilines is 1. The van der Waals surface area contributed by atoms with Crippen LogP contribution in [0, 0.1) is 5.82 Å². The highest BCUT2D eigenvalue weighted by atomic mass is 19.1. The minimum Gasteiger partial charge on any atom is -0.303 e. The molecule has 0 N–H and O–H groups in total. The molecule has 0 atom stereocenters. The van der Waals surface area contributed by atoms with Crippen molar-refractivity contribution in [2.24, 2.45) is 0 Å². The minimum absolute atomic E-state index is 0.0608. The van der Waals surface area contributed by atoms with E-state index in [4.69, 9.17) is 0 Å². The second-order valence-electron chi connectivity index (χ2n) is 6.01. The van der Waals surface area contributed by atoms with Crippen LogP contribution in [-0.2, 0) is 11.3 Å². The molecule has 25 heavy (non-hydrogen) atoms. The lowest BCUT2D eigenvalue weighted by Gasteiger charge is -2.17. The fourth-order valence-electron chi connectivity index (χ4n) is 3.14. The standard InChI is InChI=1S/C22H16FNO/c23-18-10-6-9-17(13-18)15-24-21-12-5-4-11-19(21)20(22(24)25)14-16-7-2-1-3-8-16/h1-14H,15H2/b20-14-. The first kappa shape index (κ1) is 15.3. The van der Waals surface area contributed by atoms with Gasteiger partial charge in [0.2, 0.25) is 0 Å². The van der Waals surface area contributed by atoms with Gasteiger partial charge in [0.15, 0.2) is 0 Å². The third-order valence-electron chi connectivity index (χ3n) is 4.30. The van der Waals surface area contributed by atoms with Gasteiger partial charge in [-0.05, 0) is 35.4 Å². The van der Waals surface area contributed by atoms with E-state index in [2.05, 4.69) is 0 Å². The SMILES string of the molecule is O=C1/C(=C\c2ccccc2)c2ccccc2N1Cc1cccc(F)c1. The molecule has 1 amide bonds. The number of hydrogen-bond acceptors (Lipinski definition) is 1. The van der Waals surface area contributed by atoms with Crippen molar-refractivity contribution in [3.05, 3.63) is 101 Å². The molecule has 0 bridgehead atoms. The molecule has 3 aromatic rings. The van der Waals surface area contributed by atoms with Gasteiger partial charge < -0.3 is 4.90 Å². The molecular weight excluding hydrogens is 313 g/mol. The number of para-hydroxylation sites is 1. The van der Waals surface area contributed by atoms with Gasteiger partial charge in [-0.3, -0.25) is 4.79 Å². The van der Waals surface area contributed by atoms with Crippen molar-refractivity contribution < 1.29 is 9.18 Å². The lowest BCUT2D eigenvalue weighted by atomic mass is 10.0. The molecule has 1 aliphatic rings. The highest BCUT2D eigenvalue weighted by molar-refractivity contribution is 6.35. The van der Waals surface area contributed by atoms with Crippen molar-refractivity contribution in [2.45, 2.75) is 6.54 Å². The summed E-state index contributed by atoms with van der Waals surface area (Å²) >= 11 is 0. The number of fused-ring (bicyclic) bond motifs is 1. The molecule has 3 aromatic carbocycles. The Kier molecular flexibility index (Phi) is 3.90. The Morgan fingerprint density at radius 1 is 0.880 bits per heavy atom. The molecule has 0 spiro atoms. The number of hydrogen-bond donors (Lipinski definition) is 0. The van der Waals surface area contributed by atoms with Crippen LogP contribution in [0.5, 0.6) is 0 Å². The zero-order chi connectivity index (χ0) is 17.2. The smallest absolute Gasteiger partial charge is 0.259 e. The fourth-order valence-corrected chi connectivity index (χ4v) is 3.14. The van der Waals surface area contributed by atoms with Crippen LogP contribution in [0.3, 0.4) is 0 Å². The largest absolute Gasteiger partial charge is 0.303 e. The number of carbonyl (C=O) groups excluding carboxylic acids is 1. The van der Waals surface area contributed by atoms with Gasteiger partial charge in [0.25, 0.3) is 5.91 Å². The van der Waals surface area contributed by atoms with Crippen LogP contribution >= 0.6 is 0 Å². The van der Waals surface area contributed by atoms with Gasteiger partial charge in [-0.1, -0.05) is 60.7 Å². The van der Waals surface area contributed by atoms with Crippen molar-refractivity contribution in [1.82, 2.24) is 0 Å². The molecule has 0 aromatic heterocycles. The summed E-state index contributed by atoms with van der Waals surface area (Å²) in [7, 11) is 0. The van der Waals surface area contributed by atoms with E-state index < -0.39 is 0 Å². The Hall–Kier alpha value is -3.20. The van der Waals surface area contributed by atoms with E-state index in [1.54, 1.807) is 11.0 Å². The number of nitrogens with zero attached hydrogens (tertiary/aromatic N) is 1. The Morgan fingerprint density at radius 3 is 2.44 bits per heavy atom. The third kappa shape index (κ3) is 2.96. The number of amides is 1. The first-order valence-corrected chi connectivity index (χ1v) is 8.15. The van der Waals surface area contributed by atoms with E-state index in [1.807, 2.05) is 66.7 Å². The molecule has 0 fully saturated rings. The zero-order valence-electron chi connectivity index (χ0n) is 13.5. The number of rotatable bonds is 3. The quantitative estimate of drug-likeness (QED) is 0.625. The van der Waals surface area contributed by atoms with Crippen molar-refractivity contribution in [3.63, 3.8) is 0 Å². The number of carbonyl (C=O) groups is 1. The van der Waals surface area contributed by atoms with Gasteiger partial charge in [-0.15, -0.1) is 0 Å². The summed E-state index contributed by atoms with van der Waals surface area (Å²) in [5.74, 6) is -0.355. The van der Waals surface area contributed by atoms with E-state index in [0.717, 1.165) is 22.4 Å². The first-order valence-electron chi connectivity index (χ1n) is 8.15. The van der Waals surface area contributed by atoms with Crippen molar-refractivity contribution in [2.75, 3.05) is 4.90 Å². The molecule has 0 saturated heterocycles. The average molecular weight is 329 g/mol. The molecule has 0 unspecified atom stereocenters. The topological polar surface area (TPSA) is 20.3 Å². The van der Waals surface area contributed by atoms with Gasteiger partial charge in [0, 0.05) is 11.1 Å². The third-order valence-corrected chi connectivity index (χ3v) is 4.30. The highest BCUT2D eigenvalue weighted by Crippen LogP contribution is 2.38. The van der Waals surface area contributed by atoms with E-state index in [9.17, 15) is 9.18 Å². The predicted molar refractivity (Wildman–Crippen MR) is 98.3 cm³/mol. The number of halogens is 1. The molecule has 0 aliphatic carbocycles. The fraction of sp³-hybridized carbons (Fsp3) is 0.0455. The van der Waals surface area contributed by atoms with Crippen LogP contribution in [0.15, 0.2) is 78.9 Å². The summed E-state index contributed by atoms with van der Waals surface area (Å²) in [5.41, 5.74) is 4.18. The lowest BCUT2D eigenvalue weighted by molar-refractivity contribution is -0.113. The lowest BCUT2D eigenvalue weighted by Crippen LogP contribution is -2.25. The summed E-state index contributed by atoms with van der Waals surface area (Å²) in [6, 6.07) is 23.9. The molecular formula is C22H16FNO. The van der Waals surface area contributed by atoms with Gasteiger partial charge in [0.05, 0.1) is 12.2 Å². The Bertz CT molecular complexity index is 963. The van der Waals surface area contributed by atoms with Crippen molar-refractivity contribution >= 4 is 23.2 Å². The average Bonchev–Trinajstić information content (AvgIpc) is 2.89. The molecule has 0 saturated carbocycles. The monoisotopic (exact) mass is 329 g/mol. The molecule has 4 rings (SSSR count). The van der Waals surface area contributed by atoms with Crippen LogP contribution in [0.25, 0.3) is 11.6 Å². The second-order valence-corrected chi connectivity index (χ2v) is 6.01.